The second kappa shape index (κ2) is 9.88. The van der Waals surface area contributed by atoms with Crippen molar-refractivity contribution in [3.63, 3.8) is 0 Å². The van der Waals surface area contributed by atoms with Crippen LogP contribution in [0.1, 0.15) is 31.4 Å². The minimum Gasteiger partial charge on any atom is -0.486 e. The van der Waals surface area contributed by atoms with E-state index < -0.39 is 16.1 Å². The number of ether oxygens (including phenoxy) is 1. The van der Waals surface area contributed by atoms with Crippen molar-refractivity contribution in [3.05, 3.63) is 58.6 Å². The van der Waals surface area contributed by atoms with Crippen LogP contribution in [0, 0.1) is 5.41 Å². The molecule has 13 heteroatoms. The monoisotopic (exact) mass is 587 g/mol. The summed E-state index contributed by atoms with van der Waals surface area (Å²) in [6.45, 7) is 4.52. The van der Waals surface area contributed by atoms with Gasteiger partial charge in [-0.25, -0.2) is 22.7 Å². The summed E-state index contributed by atoms with van der Waals surface area (Å²) in [5, 5.41) is 9.31. The van der Waals surface area contributed by atoms with Gasteiger partial charge in [0.1, 0.15) is 17.5 Å². The Morgan fingerprint density at radius 1 is 1.08 bits per heavy atom. The number of benzene rings is 1. The molecule has 0 saturated carbocycles. The maximum absolute atomic E-state index is 12.0. The number of sulfonamides is 1. The molecule has 2 aliphatic heterocycles. The number of aromatic amines is 1. The summed E-state index contributed by atoms with van der Waals surface area (Å²) in [6.07, 6.45) is 9.39. The smallest absolute Gasteiger partial charge is 0.225 e. The maximum Gasteiger partial charge on any atom is 0.225 e. The number of fused-ring (bicyclic) bond motifs is 1. The fourth-order valence-corrected chi connectivity index (χ4v) is 7.22. The number of pyridine rings is 1. The molecule has 39 heavy (non-hydrogen) atoms. The van der Waals surface area contributed by atoms with Gasteiger partial charge in [-0.2, -0.15) is 5.10 Å². The van der Waals surface area contributed by atoms with E-state index >= 15 is 0 Å². The molecule has 1 aromatic carbocycles. The van der Waals surface area contributed by atoms with Gasteiger partial charge >= 0.3 is 0 Å². The highest BCUT2D eigenvalue weighted by atomic mass is 35.5. The minimum atomic E-state index is -3.18. The van der Waals surface area contributed by atoms with Gasteiger partial charge in [-0.3, -0.25) is 10.1 Å². The van der Waals surface area contributed by atoms with Crippen molar-refractivity contribution in [3.8, 4) is 17.0 Å². The molecule has 5 heterocycles. The van der Waals surface area contributed by atoms with Gasteiger partial charge < -0.3 is 9.64 Å². The number of rotatable bonds is 6. The predicted molar refractivity (Wildman–Crippen MR) is 151 cm³/mol. The Morgan fingerprint density at radius 3 is 2.49 bits per heavy atom. The second-order valence-corrected chi connectivity index (χ2v) is 13.2. The molecule has 10 nitrogen and oxygen atoms in total. The number of anilines is 1. The Kier molecular flexibility index (Phi) is 6.65. The van der Waals surface area contributed by atoms with Crippen LogP contribution < -0.4 is 9.64 Å². The number of H-pyrrole nitrogens is 1. The highest BCUT2D eigenvalue weighted by Gasteiger charge is 2.48. The maximum atomic E-state index is 12.0. The Balaban J connectivity index is 1.18. The molecular weight excluding hydrogens is 561 g/mol. The van der Waals surface area contributed by atoms with Gasteiger partial charge in [-0.1, -0.05) is 23.2 Å². The number of piperidine rings is 1. The van der Waals surface area contributed by atoms with Crippen LogP contribution in [-0.2, 0) is 10.0 Å². The molecule has 2 saturated heterocycles. The average Bonchev–Trinajstić information content (AvgIpc) is 3.30. The lowest BCUT2D eigenvalue weighted by molar-refractivity contribution is 0.107. The van der Waals surface area contributed by atoms with Gasteiger partial charge in [0, 0.05) is 72.9 Å². The van der Waals surface area contributed by atoms with Crippen LogP contribution in [0.3, 0.4) is 0 Å². The lowest BCUT2D eigenvalue weighted by Crippen LogP contribution is -2.64. The van der Waals surface area contributed by atoms with Crippen molar-refractivity contribution >= 4 is 50.1 Å². The van der Waals surface area contributed by atoms with E-state index in [0.29, 0.717) is 46.1 Å². The first-order chi connectivity index (χ1) is 18.6. The molecule has 1 unspecified atom stereocenters. The Morgan fingerprint density at radius 2 is 1.79 bits per heavy atom. The summed E-state index contributed by atoms with van der Waals surface area (Å²) >= 11 is 12.6. The van der Waals surface area contributed by atoms with Gasteiger partial charge in [0.2, 0.25) is 16.0 Å². The zero-order chi connectivity index (χ0) is 27.4. The number of halogens is 2. The molecule has 2 fully saturated rings. The molecule has 0 amide bonds. The molecule has 1 N–H and O–H groups in total. The van der Waals surface area contributed by atoms with E-state index in [2.05, 4.69) is 30.0 Å². The minimum absolute atomic E-state index is 0.0278. The fraction of sp³-hybridized carbons (Fsp3) is 0.385. The first-order valence-electron chi connectivity index (χ1n) is 12.6. The van der Waals surface area contributed by atoms with Crippen LogP contribution in [-0.4, -0.2) is 70.3 Å². The number of nitrogens with zero attached hydrogens (tertiary/aromatic N) is 6. The summed E-state index contributed by atoms with van der Waals surface area (Å²) in [5.74, 6) is 1.27. The molecular formula is C26H27Cl2N7O3S. The quantitative estimate of drug-likeness (QED) is 0.344. The number of hydrogen-bond acceptors (Lipinski definition) is 8. The van der Waals surface area contributed by atoms with Crippen molar-refractivity contribution in [1.29, 1.82) is 0 Å². The van der Waals surface area contributed by atoms with E-state index in [1.165, 1.54) is 6.26 Å². The van der Waals surface area contributed by atoms with E-state index in [1.54, 1.807) is 29.1 Å². The van der Waals surface area contributed by atoms with Crippen LogP contribution in [0.5, 0.6) is 5.75 Å². The molecule has 1 atom stereocenters. The Hall–Kier alpha value is -2.99. The predicted octanol–water partition coefficient (Wildman–Crippen LogP) is 4.72. The van der Waals surface area contributed by atoms with Gasteiger partial charge in [0.05, 0.1) is 21.8 Å². The zero-order valence-corrected chi connectivity index (χ0v) is 23.8. The van der Waals surface area contributed by atoms with Crippen molar-refractivity contribution in [2.75, 3.05) is 37.3 Å². The molecule has 0 bridgehead atoms. The van der Waals surface area contributed by atoms with E-state index in [9.17, 15) is 8.42 Å². The highest BCUT2D eigenvalue weighted by Crippen LogP contribution is 2.41. The highest BCUT2D eigenvalue weighted by molar-refractivity contribution is 7.88. The fourth-order valence-electron chi connectivity index (χ4n) is 5.57. The van der Waals surface area contributed by atoms with E-state index in [1.807, 2.05) is 25.1 Å². The van der Waals surface area contributed by atoms with Gasteiger partial charge in [0.25, 0.3) is 0 Å². The topological polar surface area (TPSA) is 117 Å². The SMILES string of the molecule is CC(Oc1ccc2[nH]nc(-c3cnc(N4CC5(CCCN(S(C)(=O)=O)C5)C4)nc3)c2c1)c1c(Cl)cncc1Cl. The van der Waals surface area contributed by atoms with E-state index in [0.717, 1.165) is 42.4 Å². The summed E-state index contributed by atoms with van der Waals surface area (Å²) in [4.78, 5) is 15.3. The molecule has 3 aromatic heterocycles. The summed E-state index contributed by atoms with van der Waals surface area (Å²) in [5.41, 5.74) is 2.98. The van der Waals surface area contributed by atoms with E-state index in [4.69, 9.17) is 27.9 Å². The summed E-state index contributed by atoms with van der Waals surface area (Å²) < 4.78 is 31.8. The van der Waals surface area contributed by atoms with Crippen molar-refractivity contribution in [2.45, 2.75) is 25.9 Å². The first kappa shape index (κ1) is 26.2. The van der Waals surface area contributed by atoms with Crippen LogP contribution in [0.25, 0.3) is 22.2 Å². The van der Waals surface area contributed by atoms with Gasteiger partial charge in [0.15, 0.2) is 0 Å². The lowest BCUT2D eigenvalue weighted by atomic mass is 9.74. The lowest BCUT2D eigenvalue weighted by Gasteiger charge is -2.54. The molecule has 6 rings (SSSR count). The summed E-state index contributed by atoms with van der Waals surface area (Å²) in [6, 6.07) is 5.68. The van der Waals surface area contributed by atoms with Crippen molar-refractivity contribution in [1.82, 2.24) is 29.5 Å². The second-order valence-electron chi connectivity index (χ2n) is 10.4. The van der Waals surface area contributed by atoms with E-state index in [-0.39, 0.29) is 5.41 Å². The van der Waals surface area contributed by atoms with Crippen molar-refractivity contribution < 1.29 is 13.2 Å². The van der Waals surface area contributed by atoms with Crippen LogP contribution >= 0.6 is 23.2 Å². The first-order valence-corrected chi connectivity index (χ1v) is 15.2. The van der Waals surface area contributed by atoms with Gasteiger partial charge in [-0.15, -0.1) is 0 Å². The zero-order valence-electron chi connectivity index (χ0n) is 21.4. The number of hydrogen-bond donors (Lipinski definition) is 1. The largest absolute Gasteiger partial charge is 0.486 e. The number of aromatic nitrogens is 5. The molecule has 0 aliphatic carbocycles. The van der Waals surface area contributed by atoms with Gasteiger partial charge in [-0.05, 0) is 38.0 Å². The molecule has 2 aliphatic rings. The molecule has 1 spiro atoms. The Labute approximate surface area is 236 Å². The Bertz CT molecular complexity index is 1620. The molecule has 204 valence electrons. The standard InChI is InChI=1S/C26H27Cl2N7O3S/c1-16(23-20(27)11-29-12-21(23)28)38-18-4-5-22-19(8-18)24(33-32-22)17-9-30-25(31-10-17)34-13-26(14-34)6-3-7-35(15-26)39(2,36)37/h4-5,8-12,16H,3,6-7,13-15H2,1-2H3,(H,32,33). The third kappa shape index (κ3) is 5.04. The van der Waals surface area contributed by atoms with Crippen LogP contribution in [0.2, 0.25) is 10.0 Å². The number of nitrogens with one attached hydrogen (secondary N) is 1. The van der Waals surface area contributed by atoms with Crippen LogP contribution in [0.4, 0.5) is 5.95 Å². The molecule has 0 radical (unpaired) electrons. The van der Waals surface area contributed by atoms with Crippen LogP contribution in [0.15, 0.2) is 43.0 Å². The van der Waals surface area contributed by atoms with Crippen molar-refractivity contribution in [2.24, 2.45) is 5.41 Å². The average molecular weight is 589 g/mol. The summed E-state index contributed by atoms with van der Waals surface area (Å²) in [7, 11) is -3.18. The third-order valence-corrected chi connectivity index (χ3v) is 9.34. The normalized spacial score (nSPS) is 18.3. The molecule has 4 aromatic rings. The third-order valence-electron chi connectivity index (χ3n) is 7.49.